The van der Waals surface area contributed by atoms with E-state index in [1.165, 1.54) is 0 Å². The van der Waals surface area contributed by atoms with Crippen molar-refractivity contribution in [3.8, 4) is 0 Å². The van der Waals surface area contributed by atoms with Crippen molar-refractivity contribution < 1.29 is 9.59 Å². The Kier molecular flexibility index (Phi) is 6.90. The predicted molar refractivity (Wildman–Crippen MR) is 101 cm³/mol. The van der Waals surface area contributed by atoms with Gasteiger partial charge in [0.2, 0.25) is 5.91 Å². The standard InChI is InChI=1S/C16H13Cl4N3O2/c1-2-8-5-3-4-6-9(8)22-10(24)7-21-16(25)14-12(18)11(17)13(19)15(20)23-14/h3-6H,2,7H2,1H3,(H,21,25)(H,22,24). The van der Waals surface area contributed by atoms with Gasteiger partial charge in [0.15, 0.2) is 0 Å². The highest BCUT2D eigenvalue weighted by atomic mass is 35.5. The monoisotopic (exact) mass is 419 g/mol. The maximum Gasteiger partial charge on any atom is 0.271 e. The number of rotatable bonds is 5. The summed E-state index contributed by atoms with van der Waals surface area (Å²) in [6, 6.07) is 7.40. The number of para-hydroxylation sites is 1. The number of hydrogen-bond donors (Lipinski definition) is 2. The molecular weight excluding hydrogens is 408 g/mol. The molecule has 0 atom stereocenters. The molecule has 0 bridgehead atoms. The number of aromatic nitrogens is 1. The minimum atomic E-state index is -0.690. The van der Waals surface area contributed by atoms with Crippen molar-refractivity contribution in [2.45, 2.75) is 13.3 Å². The van der Waals surface area contributed by atoms with E-state index in [1.807, 2.05) is 25.1 Å². The maximum atomic E-state index is 12.2. The summed E-state index contributed by atoms with van der Waals surface area (Å²) in [5.74, 6) is -1.08. The molecule has 2 amide bonds. The van der Waals surface area contributed by atoms with E-state index in [9.17, 15) is 9.59 Å². The predicted octanol–water partition coefficient (Wildman–Crippen LogP) is 4.63. The van der Waals surface area contributed by atoms with E-state index in [2.05, 4.69) is 15.6 Å². The molecule has 1 heterocycles. The highest BCUT2D eigenvalue weighted by Gasteiger charge is 2.20. The van der Waals surface area contributed by atoms with Crippen LogP contribution in [0.25, 0.3) is 0 Å². The van der Waals surface area contributed by atoms with Gasteiger partial charge in [-0.3, -0.25) is 9.59 Å². The Morgan fingerprint density at radius 2 is 1.72 bits per heavy atom. The van der Waals surface area contributed by atoms with Crippen LogP contribution in [0.4, 0.5) is 5.69 Å². The van der Waals surface area contributed by atoms with Crippen molar-refractivity contribution >= 4 is 63.9 Å². The van der Waals surface area contributed by atoms with Crippen LogP contribution in [-0.2, 0) is 11.2 Å². The number of carbonyl (C=O) groups excluding carboxylic acids is 2. The molecule has 0 saturated heterocycles. The number of nitrogens with one attached hydrogen (secondary N) is 2. The van der Waals surface area contributed by atoms with Gasteiger partial charge in [0.25, 0.3) is 5.91 Å². The second kappa shape index (κ2) is 8.72. The second-order valence-electron chi connectivity index (χ2n) is 4.93. The van der Waals surface area contributed by atoms with Crippen LogP contribution in [0.3, 0.4) is 0 Å². The van der Waals surface area contributed by atoms with Gasteiger partial charge in [0, 0.05) is 5.69 Å². The number of benzene rings is 1. The average molecular weight is 421 g/mol. The summed E-state index contributed by atoms with van der Waals surface area (Å²) in [6.45, 7) is 1.71. The van der Waals surface area contributed by atoms with E-state index in [4.69, 9.17) is 46.4 Å². The Balaban J connectivity index is 2.04. The van der Waals surface area contributed by atoms with Gasteiger partial charge in [-0.1, -0.05) is 71.5 Å². The molecule has 2 aromatic rings. The third-order valence-electron chi connectivity index (χ3n) is 3.28. The van der Waals surface area contributed by atoms with Crippen molar-refractivity contribution in [1.82, 2.24) is 10.3 Å². The molecule has 0 spiro atoms. The van der Waals surface area contributed by atoms with Crippen molar-refractivity contribution in [3.05, 3.63) is 55.7 Å². The molecule has 5 nitrogen and oxygen atoms in total. The van der Waals surface area contributed by atoms with Crippen molar-refractivity contribution in [2.24, 2.45) is 0 Å². The fourth-order valence-corrected chi connectivity index (χ4v) is 2.84. The van der Waals surface area contributed by atoms with Crippen molar-refractivity contribution in [3.63, 3.8) is 0 Å². The van der Waals surface area contributed by atoms with Gasteiger partial charge >= 0.3 is 0 Å². The molecule has 1 aromatic heterocycles. The lowest BCUT2D eigenvalue weighted by Gasteiger charge is -2.11. The molecule has 0 fully saturated rings. The molecule has 0 aliphatic carbocycles. The van der Waals surface area contributed by atoms with Crippen LogP contribution >= 0.6 is 46.4 Å². The maximum absolute atomic E-state index is 12.2. The number of hydrogen-bond acceptors (Lipinski definition) is 3. The molecule has 2 rings (SSSR count). The fraction of sp³-hybridized carbons (Fsp3) is 0.188. The number of pyridine rings is 1. The molecule has 0 unspecified atom stereocenters. The van der Waals surface area contributed by atoms with Crippen molar-refractivity contribution in [2.75, 3.05) is 11.9 Å². The zero-order valence-electron chi connectivity index (χ0n) is 13.0. The topological polar surface area (TPSA) is 71.1 Å². The summed E-state index contributed by atoms with van der Waals surface area (Å²) in [5, 5.41) is 4.75. The molecular formula is C16H13Cl4N3O2. The van der Waals surface area contributed by atoms with E-state index in [0.717, 1.165) is 12.0 Å². The van der Waals surface area contributed by atoms with Gasteiger partial charge in [0.1, 0.15) is 10.8 Å². The van der Waals surface area contributed by atoms with Crippen molar-refractivity contribution in [1.29, 1.82) is 0 Å². The molecule has 132 valence electrons. The molecule has 25 heavy (non-hydrogen) atoms. The highest BCUT2D eigenvalue weighted by molar-refractivity contribution is 6.52. The molecule has 2 N–H and O–H groups in total. The number of aryl methyl sites for hydroxylation is 1. The first-order valence-electron chi connectivity index (χ1n) is 7.21. The van der Waals surface area contributed by atoms with Gasteiger partial charge in [0.05, 0.1) is 21.6 Å². The minimum Gasteiger partial charge on any atom is -0.342 e. The van der Waals surface area contributed by atoms with E-state index in [0.29, 0.717) is 5.69 Å². The van der Waals surface area contributed by atoms with Crippen LogP contribution in [0.1, 0.15) is 23.0 Å². The molecule has 0 saturated carbocycles. The fourth-order valence-electron chi connectivity index (χ4n) is 2.03. The zero-order chi connectivity index (χ0) is 18.6. The molecule has 0 radical (unpaired) electrons. The van der Waals surface area contributed by atoms with Crippen LogP contribution in [-0.4, -0.2) is 23.3 Å². The summed E-state index contributed by atoms with van der Waals surface area (Å²) in [5.41, 5.74) is 1.48. The first-order valence-corrected chi connectivity index (χ1v) is 8.72. The quantitative estimate of drug-likeness (QED) is 0.692. The summed E-state index contributed by atoms with van der Waals surface area (Å²) in [7, 11) is 0. The Bertz CT molecular complexity index is 827. The highest BCUT2D eigenvalue weighted by Crippen LogP contribution is 2.35. The van der Waals surface area contributed by atoms with Crippen LogP contribution in [0, 0.1) is 0 Å². The number of amides is 2. The third kappa shape index (κ3) is 4.76. The zero-order valence-corrected chi connectivity index (χ0v) is 16.0. The SMILES string of the molecule is CCc1ccccc1NC(=O)CNC(=O)c1nc(Cl)c(Cl)c(Cl)c1Cl. The van der Waals surface area contributed by atoms with Crippen LogP contribution in [0.5, 0.6) is 0 Å². The lowest BCUT2D eigenvalue weighted by atomic mass is 10.1. The van der Waals surface area contributed by atoms with Crippen LogP contribution < -0.4 is 10.6 Å². The summed E-state index contributed by atoms with van der Waals surface area (Å²) >= 11 is 23.4. The molecule has 1 aromatic carbocycles. The first-order chi connectivity index (χ1) is 11.8. The number of nitrogens with zero attached hydrogens (tertiary/aromatic N) is 1. The molecule has 0 aliphatic heterocycles. The Hall–Kier alpha value is -1.53. The summed E-state index contributed by atoms with van der Waals surface area (Å²) in [4.78, 5) is 28.0. The average Bonchev–Trinajstić information content (AvgIpc) is 2.61. The van der Waals surface area contributed by atoms with E-state index in [-0.39, 0.29) is 32.5 Å². The van der Waals surface area contributed by atoms with Crippen LogP contribution in [0.2, 0.25) is 20.2 Å². The van der Waals surface area contributed by atoms with Gasteiger partial charge in [-0.2, -0.15) is 0 Å². The second-order valence-corrected chi connectivity index (χ2v) is 6.43. The number of carbonyl (C=O) groups is 2. The largest absolute Gasteiger partial charge is 0.342 e. The Morgan fingerprint density at radius 3 is 2.40 bits per heavy atom. The number of halogens is 4. The van der Waals surface area contributed by atoms with Gasteiger partial charge in [-0.05, 0) is 18.1 Å². The first kappa shape index (κ1) is 19.8. The van der Waals surface area contributed by atoms with Gasteiger partial charge in [-0.25, -0.2) is 4.98 Å². The van der Waals surface area contributed by atoms with E-state index < -0.39 is 11.8 Å². The van der Waals surface area contributed by atoms with E-state index >= 15 is 0 Å². The molecule has 0 aliphatic rings. The Morgan fingerprint density at radius 1 is 1.04 bits per heavy atom. The summed E-state index contributed by atoms with van der Waals surface area (Å²) in [6.07, 6.45) is 0.768. The van der Waals surface area contributed by atoms with Gasteiger partial charge < -0.3 is 10.6 Å². The Labute approximate surface area is 164 Å². The smallest absolute Gasteiger partial charge is 0.271 e. The summed E-state index contributed by atoms with van der Waals surface area (Å²) < 4.78 is 0. The van der Waals surface area contributed by atoms with Gasteiger partial charge in [-0.15, -0.1) is 0 Å². The minimum absolute atomic E-state index is 0.0428. The lowest BCUT2D eigenvalue weighted by Crippen LogP contribution is -2.33. The molecule has 9 heteroatoms. The normalized spacial score (nSPS) is 10.4. The third-order valence-corrected chi connectivity index (χ3v) is 4.96. The lowest BCUT2D eigenvalue weighted by molar-refractivity contribution is -0.115. The number of anilines is 1. The van der Waals surface area contributed by atoms with E-state index in [1.54, 1.807) is 6.07 Å². The van der Waals surface area contributed by atoms with Crippen LogP contribution in [0.15, 0.2) is 24.3 Å².